The molecule has 2 fully saturated rings. The van der Waals surface area contributed by atoms with E-state index in [1.807, 2.05) is 54.0 Å². The second-order valence-corrected chi connectivity index (χ2v) is 8.75. The molecule has 0 radical (unpaired) electrons. The number of rotatable bonds is 4. The summed E-state index contributed by atoms with van der Waals surface area (Å²) in [4.78, 5) is 32.1. The highest BCUT2D eigenvalue weighted by atomic mass is 35.5. The molecule has 1 aromatic heterocycles. The summed E-state index contributed by atoms with van der Waals surface area (Å²) >= 11 is 6.58. The Kier molecular flexibility index (Phi) is 6.62. The van der Waals surface area contributed by atoms with Crippen LogP contribution in [0.2, 0.25) is 5.15 Å². The van der Waals surface area contributed by atoms with Crippen LogP contribution in [0.4, 0.5) is 0 Å². The molecule has 4 rings (SSSR count). The summed E-state index contributed by atoms with van der Waals surface area (Å²) in [7, 11) is 0. The van der Waals surface area contributed by atoms with Gasteiger partial charge in [0, 0.05) is 39.3 Å². The van der Waals surface area contributed by atoms with Crippen LogP contribution in [-0.4, -0.2) is 81.6 Å². The lowest BCUT2D eigenvalue weighted by Gasteiger charge is -2.39. The molecule has 0 spiro atoms. The number of halogens is 1. The standard InChI is InChI=1S/C23H30ClN5O2/c1-17-20(21(24)29(25-17)19-9-5-3-6-10-19)23(31)28-15-13-26(14-16-28)18(2)22(30)27-11-7-4-8-12-27/h3,5-6,9-10,18H,4,7-8,11-16H2,1-2H3/t18-/m1/s1. The highest BCUT2D eigenvalue weighted by Crippen LogP contribution is 2.25. The first-order valence-electron chi connectivity index (χ1n) is 11.1. The number of hydrogen-bond donors (Lipinski definition) is 0. The maximum absolute atomic E-state index is 13.2. The molecular weight excluding hydrogens is 414 g/mol. The van der Waals surface area contributed by atoms with Gasteiger partial charge in [-0.2, -0.15) is 5.10 Å². The minimum Gasteiger partial charge on any atom is -0.341 e. The number of aromatic nitrogens is 2. The third-order valence-electron chi connectivity index (χ3n) is 6.39. The first-order valence-corrected chi connectivity index (χ1v) is 11.5. The van der Waals surface area contributed by atoms with Crippen molar-refractivity contribution in [2.75, 3.05) is 39.3 Å². The number of hydrogen-bond acceptors (Lipinski definition) is 4. The lowest BCUT2D eigenvalue weighted by atomic mass is 10.1. The predicted octanol–water partition coefficient (Wildman–Crippen LogP) is 2.99. The van der Waals surface area contributed by atoms with Gasteiger partial charge in [0.2, 0.25) is 5.91 Å². The summed E-state index contributed by atoms with van der Waals surface area (Å²) in [5.74, 6) is 0.113. The molecule has 2 saturated heterocycles. The highest BCUT2D eigenvalue weighted by Gasteiger charge is 2.32. The van der Waals surface area contributed by atoms with Crippen molar-refractivity contribution < 1.29 is 9.59 Å². The Morgan fingerprint density at radius 2 is 1.58 bits per heavy atom. The van der Waals surface area contributed by atoms with Gasteiger partial charge in [-0.05, 0) is 45.2 Å². The van der Waals surface area contributed by atoms with Crippen molar-refractivity contribution in [1.82, 2.24) is 24.5 Å². The molecule has 0 N–H and O–H groups in total. The third-order valence-corrected chi connectivity index (χ3v) is 6.74. The van der Waals surface area contributed by atoms with Gasteiger partial charge in [-0.25, -0.2) is 4.68 Å². The SMILES string of the molecule is Cc1nn(-c2ccccc2)c(Cl)c1C(=O)N1CCN([C@H](C)C(=O)N2CCCCC2)CC1. The lowest BCUT2D eigenvalue weighted by Crippen LogP contribution is -2.56. The molecular formula is C23H30ClN5O2. The maximum Gasteiger partial charge on any atom is 0.258 e. The quantitative estimate of drug-likeness (QED) is 0.728. The number of carbonyl (C=O) groups excluding carboxylic acids is 2. The smallest absolute Gasteiger partial charge is 0.258 e. The van der Waals surface area contributed by atoms with Gasteiger partial charge < -0.3 is 9.80 Å². The van der Waals surface area contributed by atoms with E-state index in [0.29, 0.717) is 42.6 Å². The van der Waals surface area contributed by atoms with E-state index in [1.165, 1.54) is 6.42 Å². The Balaban J connectivity index is 1.41. The Morgan fingerprint density at radius 3 is 2.23 bits per heavy atom. The normalized spacial score (nSPS) is 18.8. The number of carbonyl (C=O) groups is 2. The second-order valence-electron chi connectivity index (χ2n) is 8.39. The molecule has 2 aliphatic heterocycles. The van der Waals surface area contributed by atoms with Crippen LogP contribution in [0.15, 0.2) is 30.3 Å². The fraction of sp³-hybridized carbons (Fsp3) is 0.522. The molecule has 0 unspecified atom stereocenters. The number of benzene rings is 1. The number of piperidine rings is 1. The van der Waals surface area contributed by atoms with Gasteiger partial charge >= 0.3 is 0 Å². The summed E-state index contributed by atoms with van der Waals surface area (Å²) in [6.07, 6.45) is 3.40. The topological polar surface area (TPSA) is 61.7 Å². The van der Waals surface area contributed by atoms with Crippen LogP contribution < -0.4 is 0 Å². The zero-order valence-corrected chi connectivity index (χ0v) is 19.0. The van der Waals surface area contributed by atoms with Crippen LogP contribution in [0.5, 0.6) is 0 Å². The van der Waals surface area contributed by atoms with Crippen molar-refractivity contribution in [2.24, 2.45) is 0 Å². The Hall–Kier alpha value is -2.38. The second kappa shape index (κ2) is 9.40. The number of nitrogens with zero attached hydrogens (tertiary/aromatic N) is 5. The predicted molar refractivity (Wildman–Crippen MR) is 121 cm³/mol. The van der Waals surface area contributed by atoms with Crippen molar-refractivity contribution >= 4 is 23.4 Å². The van der Waals surface area contributed by atoms with Crippen molar-refractivity contribution in [3.8, 4) is 5.69 Å². The van der Waals surface area contributed by atoms with Gasteiger partial charge in [-0.3, -0.25) is 14.5 Å². The summed E-state index contributed by atoms with van der Waals surface area (Å²) in [6.45, 7) is 8.03. The molecule has 0 saturated carbocycles. The fourth-order valence-electron chi connectivity index (χ4n) is 4.49. The van der Waals surface area contributed by atoms with Crippen LogP contribution in [-0.2, 0) is 4.79 Å². The fourth-order valence-corrected chi connectivity index (χ4v) is 4.84. The molecule has 2 aromatic rings. The summed E-state index contributed by atoms with van der Waals surface area (Å²) in [6, 6.07) is 9.42. The maximum atomic E-state index is 13.2. The van der Waals surface area contributed by atoms with E-state index >= 15 is 0 Å². The van der Waals surface area contributed by atoms with E-state index in [4.69, 9.17) is 11.6 Å². The van der Waals surface area contributed by atoms with E-state index in [9.17, 15) is 9.59 Å². The number of para-hydroxylation sites is 1. The Morgan fingerprint density at radius 1 is 0.935 bits per heavy atom. The molecule has 1 atom stereocenters. The highest BCUT2D eigenvalue weighted by molar-refractivity contribution is 6.33. The largest absolute Gasteiger partial charge is 0.341 e. The molecule has 31 heavy (non-hydrogen) atoms. The zero-order chi connectivity index (χ0) is 22.0. The first kappa shape index (κ1) is 21.8. The molecule has 1 aromatic carbocycles. The van der Waals surface area contributed by atoms with Gasteiger partial charge in [0.05, 0.1) is 23.0 Å². The third kappa shape index (κ3) is 4.48. The van der Waals surface area contributed by atoms with Gasteiger partial charge in [0.25, 0.3) is 5.91 Å². The van der Waals surface area contributed by atoms with E-state index < -0.39 is 0 Å². The van der Waals surface area contributed by atoms with E-state index in [0.717, 1.165) is 31.6 Å². The average Bonchev–Trinajstić information content (AvgIpc) is 3.12. The van der Waals surface area contributed by atoms with Gasteiger partial charge in [-0.15, -0.1) is 0 Å². The van der Waals surface area contributed by atoms with Gasteiger partial charge in [0.1, 0.15) is 5.15 Å². The van der Waals surface area contributed by atoms with E-state index in [1.54, 1.807) is 4.68 Å². The van der Waals surface area contributed by atoms with E-state index in [2.05, 4.69) is 10.00 Å². The van der Waals surface area contributed by atoms with Gasteiger partial charge in [0.15, 0.2) is 0 Å². The molecule has 0 bridgehead atoms. The van der Waals surface area contributed by atoms with E-state index in [-0.39, 0.29) is 17.9 Å². The Labute approximate surface area is 188 Å². The molecule has 0 aliphatic carbocycles. The number of aryl methyl sites for hydroxylation is 1. The number of amides is 2. The van der Waals surface area contributed by atoms with Crippen LogP contribution >= 0.6 is 11.6 Å². The van der Waals surface area contributed by atoms with Crippen LogP contribution in [0.3, 0.4) is 0 Å². The average molecular weight is 444 g/mol. The first-order chi connectivity index (χ1) is 15.0. The van der Waals surface area contributed by atoms with Crippen LogP contribution in [0.1, 0.15) is 42.2 Å². The van der Waals surface area contributed by atoms with Crippen LogP contribution in [0.25, 0.3) is 5.69 Å². The molecule has 7 nitrogen and oxygen atoms in total. The summed E-state index contributed by atoms with van der Waals surface area (Å²) in [5.41, 5.74) is 1.90. The molecule has 3 heterocycles. The Bertz CT molecular complexity index is 931. The monoisotopic (exact) mass is 443 g/mol. The molecule has 8 heteroatoms. The molecule has 2 amide bonds. The van der Waals surface area contributed by atoms with Crippen molar-refractivity contribution in [2.45, 2.75) is 39.2 Å². The number of likely N-dealkylation sites (tertiary alicyclic amines) is 1. The van der Waals surface area contributed by atoms with Crippen molar-refractivity contribution in [3.63, 3.8) is 0 Å². The van der Waals surface area contributed by atoms with Crippen LogP contribution in [0, 0.1) is 6.92 Å². The number of piperazine rings is 1. The summed E-state index contributed by atoms with van der Waals surface area (Å²) < 4.78 is 1.61. The zero-order valence-electron chi connectivity index (χ0n) is 18.3. The lowest BCUT2D eigenvalue weighted by molar-refractivity contribution is -0.137. The minimum atomic E-state index is -0.151. The summed E-state index contributed by atoms with van der Waals surface area (Å²) in [5, 5.41) is 4.83. The molecule has 166 valence electrons. The van der Waals surface area contributed by atoms with Crippen molar-refractivity contribution in [3.05, 3.63) is 46.7 Å². The van der Waals surface area contributed by atoms with Gasteiger partial charge in [-0.1, -0.05) is 29.8 Å². The minimum absolute atomic E-state index is 0.0978. The van der Waals surface area contributed by atoms with Crippen molar-refractivity contribution in [1.29, 1.82) is 0 Å². The molecule has 2 aliphatic rings.